The maximum atomic E-state index is 7.30. The first-order valence-electron chi connectivity index (χ1n) is 23.1. The van der Waals surface area contributed by atoms with Crippen molar-refractivity contribution in [2.24, 2.45) is 0 Å². The van der Waals surface area contributed by atoms with Gasteiger partial charge in [-0.05, 0) is 108 Å². The summed E-state index contributed by atoms with van der Waals surface area (Å²) in [7, 11) is 0. The quantitative estimate of drug-likeness (QED) is 0.149. The van der Waals surface area contributed by atoms with Gasteiger partial charge in [0.05, 0.1) is 5.69 Å². The maximum absolute atomic E-state index is 7.30. The van der Waals surface area contributed by atoms with Gasteiger partial charge in [0.25, 0.3) is 0 Å². The van der Waals surface area contributed by atoms with E-state index < -0.39 is 13.8 Å². The highest BCUT2D eigenvalue weighted by atomic mass is 16.5. The van der Waals surface area contributed by atoms with Crippen molar-refractivity contribution in [1.29, 1.82) is 0 Å². The number of hydrogen-bond donors (Lipinski definition) is 0. The zero-order valence-corrected chi connectivity index (χ0v) is 36.7. The van der Waals surface area contributed by atoms with E-state index >= 15 is 0 Å². The molecule has 8 heteroatoms. The smallest absolute Gasteiger partial charge is 0.434 e. The normalized spacial score (nSPS) is 13.0. The molecule has 0 atom stereocenters. The summed E-state index contributed by atoms with van der Waals surface area (Å²) in [6, 6.07) is 83.4. The van der Waals surface area contributed by atoms with Crippen LogP contribution in [0, 0.1) is 0 Å². The Morgan fingerprint density at radius 1 is 0.309 bits per heavy atom. The first-order chi connectivity index (χ1) is 33.7. The number of ether oxygens (including phenoxy) is 1. The molecule has 4 aliphatic rings. The Kier molecular flexibility index (Phi) is 8.68. The predicted molar refractivity (Wildman–Crippen MR) is 279 cm³/mol. The topological polar surface area (TPSA) is 37.4 Å². The number of hydrogen-bond acceptors (Lipinski definition) is 6. The molecule has 0 unspecified atom stereocenters. The molecular formula is C60H39B2N3O3. The Hall–Kier alpha value is -8.87. The van der Waals surface area contributed by atoms with Crippen molar-refractivity contribution in [2.45, 2.75) is 0 Å². The minimum atomic E-state index is -0.436. The molecule has 0 N–H and O–H groups in total. The van der Waals surface area contributed by atoms with Crippen LogP contribution in [0.1, 0.15) is 0 Å². The van der Waals surface area contributed by atoms with Crippen molar-refractivity contribution in [3.63, 3.8) is 0 Å². The fraction of sp³-hybridized carbons (Fsp3) is 0. The van der Waals surface area contributed by atoms with Gasteiger partial charge >= 0.3 is 13.8 Å². The number of benzene rings is 10. The molecule has 0 amide bonds. The fourth-order valence-electron chi connectivity index (χ4n) is 10.8. The number of anilines is 9. The molecule has 0 saturated carbocycles. The van der Waals surface area contributed by atoms with Gasteiger partial charge in [0, 0.05) is 85.1 Å². The maximum Gasteiger partial charge on any atom is 0.434 e. The van der Waals surface area contributed by atoms with E-state index in [-0.39, 0.29) is 0 Å². The van der Waals surface area contributed by atoms with Crippen LogP contribution in [0.5, 0.6) is 23.0 Å². The molecular weight excluding hydrogens is 832 g/mol. The van der Waals surface area contributed by atoms with Gasteiger partial charge in [0.2, 0.25) is 0 Å². The van der Waals surface area contributed by atoms with Crippen LogP contribution < -0.4 is 50.6 Å². The summed E-state index contributed by atoms with van der Waals surface area (Å²) < 4.78 is 21.7. The van der Waals surface area contributed by atoms with Crippen molar-refractivity contribution in [3.05, 3.63) is 237 Å². The summed E-state index contributed by atoms with van der Waals surface area (Å²) in [4.78, 5) is 7.03. The van der Waals surface area contributed by atoms with Crippen molar-refractivity contribution in [3.8, 4) is 45.3 Å². The molecule has 0 bridgehead atoms. The average Bonchev–Trinajstić information content (AvgIpc) is 3.40. The third kappa shape index (κ3) is 6.00. The zero-order valence-electron chi connectivity index (χ0n) is 36.7. The van der Waals surface area contributed by atoms with Crippen LogP contribution in [0.25, 0.3) is 22.3 Å². The van der Waals surface area contributed by atoms with Crippen LogP contribution in [0.15, 0.2) is 237 Å². The average molecular weight is 872 g/mol. The van der Waals surface area contributed by atoms with Crippen molar-refractivity contribution in [2.75, 3.05) is 14.7 Å². The van der Waals surface area contributed by atoms with Crippen LogP contribution in [-0.2, 0) is 0 Å². The molecule has 0 saturated heterocycles. The lowest BCUT2D eigenvalue weighted by Gasteiger charge is -2.42. The molecule has 0 fully saturated rings. The number of nitrogens with zero attached hydrogens (tertiary/aromatic N) is 3. The minimum Gasteiger partial charge on any atom is -0.551 e. The third-order valence-corrected chi connectivity index (χ3v) is 13.7. The second-order valence-electron chi connectivity index (χ2n) is 17.6. The van der Waals surface area contributed by atoms with E-state index in [0.29, 0.717) is 0 Å². The van der Waals surface area contributed by atoms with Crippen LogP contribution in [0.3, 0.4) is 0 Å². The Labute approximate surface area is 395 Å². The second kappa shape index (κ2) is 15.4. The SMILES string of the molecule is c1ccc(N(c2ccccc2)c2cc3c4c(c2)-c2ccccc2OB4c2cc4c(cc2O3)N(c2ccccc2)c2cc(N(c3ccccc3)c3ccccc3)cc3c2B4Oc2ccccc2-3)cc1. The fourth-order valence-corrected chi connectivity index (χ4v) is 10.8. The van der Waals surface area contributed by atoms with E-state index in [9.17, 15) is 0 Å². The van der Waals surface area contributed by atoms with Crippen LogP contribution >= 0.6 is 0 Å². The van der Waals surface area contributed by atoms with Gasteiger partial charge in [-0.2, -0.15) is 0 Å². The van der Waals surface area contributed by atoms with Gasteiger partial charge in [-0.3, -0.25) is 0 Å². The molecule has 0 aromatic heterocycles. The van der Waals surface area contributed by atoms with E-state index in [4.69, 9.17) is 14.0 Å². The largest absolute Gasteiger partial charge is 0.551 e. The first-order valence-corrected chi connectivity index (χ1v) is 23.1. The van der Waals surface area contributed by atoms with Gasteiger partial charge in [0.1, 0.15) is 23.0 Å². The highest BCUT2D eigenvalue weighted by Crippen LogP contribution is 2.49. The predicted octanol–water partition coefficient (Wildman–Crippen LogP) is 12.8. The van der Waals surface area contributed by atoms with Crippen LogP contribution in [0.2, 0.25) is 0 Å². The Bertz CT molecular complexity index is 3500. The Morgan fingerprint density at radius 3 is 1.28 bits per heavy atom. The van der Waals surface area contributed by atoms with Gasteiger partial charge in [-0.15, -0.1) is 0 Å². The third-order valence-electron chi connectivity index (χ3n) is 13.7. The molecule has 0 radical (unpaired) electrons. The molecule has 10 aromatic carbocycles. The lowest BCUT2D eigenvalue weighted by molar-refractivity contribution is 0.480. The summed E-state index contributed by atoms with van der Waals surface area (Å²) in [6.07, 6.45) is 0. The standard InChI is InChI=1S/C60H39B2N3O3/c1-6-20-40(21-7-1)63(41-22-8-2-9-23-41)45-34-49-47-30-16-18-32-55(47)67-61-51-38-52-57(39-53(51)65(54(36-45)59(49)61)44-28-14-5-15-29-44)66-58-37-46(35-50-48-31-17-19-33-56(48)68-62(52)60(50)58)64(42-24-10-3-11-25-42)43-26-12-4-13-27-43/h1-39H. The Morgan fingerprint density at radius 2 is 0.750 bits per heavy atom. The van der Waals surface area contributed by atoms with E-state index in [1.54, 1.807) is 0 Å². The molecule has 6 nitrogen and oxygen atoms in total. The molecule has 318 valence electrons. The van der Waals surface area contributed by atoms with Gasteiger partial charge in [0.15, 0.2) is 0 Å². The molecule has 14 rings (SSSR count). The van der Waals surface area contributed by atoms with E-state index in [1.165, 1.54) is 0 Å². The molecule has 4 heterocycles. The zero-order chi connectivity index (χ0) is 44.7. The second-order valence-corrected chi connectivity index (χ2v) is 17.6. The summed E-state index contributed by atoms with van der Waals surface area (Å²) >= 11 is 0. The summed E-state index contributed by atoms with van der Waals surface area (Å²) in [5.41, 5.74) is 17.7. The lowest BCUT2D eigenvalue weighted by atomic mass is 9.46. The van der Waals surface area contributed by atoms with Crippen LogP contribution in [-0.4, -0.2) is 13.8 Å². The van der Waals surface area contributed by atoms with Crippen molar-refractivity contribution >= 4 is 86.9 Å². The summed E-state index contributed by atoms with van der Waals surface area (Å²) in [6.45, 7) is -0.856. The molecule has 10 aromatic rings. The van der Waals surface area contributed by atoms with Gasteiger partial charge < -0.3 is 28.7 Å². The lowest BCUT2D eigenvalue weighted by Crippen LogP contribution is -2.59. The van der Waals surface area contributed by atoms with Gasteiger partial charge in [-0.1, -0.05) is 133 Å². The van der Waals surface area contributed by atoms with Gasteiger partial charge in [-0.25, -0.2) is 0 Å². The van der Waals surface area contributed by atoms with E-state index in [1.807, 2.05) is 0 Å². The first kappa shape index (κ1) is 38.4. The monoisotopic (exact) mass is 871 g/mol. The van der Waals surface area contributed by atoms with Crippen molar-refractivity contribution in [1.82, 2.24) is 0 Å². The number of para-hydroxylation sites is 7. The summed E-state index contributed by atoms with van der Waals surface area (Å²) in [5.74, 6) is 3.18. The van der Waals surface area contributed by atoms with E-state index in [2.05, 4.69) is 251 Å². The molecule has 68 heavy (non-hydrogen) atoms. The van der Waals surface area contributed by atoms with E-state index in [0.717, 1.165) is 118 Å². The molecule has 0 aliphatic carbocycles. The Balaban J connectivity index is 1.00. The highest BCUT2D eigenvalue weighted by Gasteiger charge is 2.47. The summed E-state index contributed by atoms with van der Waals surface area (Å²) in [5, 5.41) is 0. The van der Waals surface area contributed by atoms with Crippen molar-refractivity contribution < 1.29 is 14.0 Å². The molecule has 4 aliphatic heterocycles. The van der Waals surface area contributed by atoms with Crippen LogP contribution in [0.4, 0.5) is 51.2 Å². The number of fused-ring (bicyclic) bond motifs is 8. The minimum absolute atomic E-state index is 0.421. The highest BCUT2D eigenvalue weighted by molar-refractivity contribution is 6.88. The number of rotatable bonds is 7. The molecule has 0 spiro atoms.